The van der Waals surface area contributed by atoms with E-state index in [0.717, 1.165) is 18.4 Å². The molecule has 1 saturated heterocycles. The Bertz CT molecular complexity index is 889. The van der Waals surface area contributed by atoms with Gasteiger partial charge in [0, 0.05) is 19.6 Å². The van der Waals surface area contributed by atoms with Gasteiger partial charge in [0.1, 0.15) is 11.6 Å². The Morgan fingerprint density at radius 1 is 1.03 bits per heavy atom. The second-order valence-electron chi connectivity index (χ2n) is 7.93. The molecular weight excluding hydrogens is 400 g/mol. The van der Waals surface area contributed by atoms with E-state index >= 15 is 0 Å². The Morgan fingerprint density at radius 3 is 2.52 bits per heavy atom. The van der Waals surface area contributed by atoms with Gasteiger partial charge in [0.2, 0.25) is 5.91 Å². The van der Waals surface area contributed by atoms with Crippen molar-refractivity contribution in [3.8, 4) is 0 Å². The standard InChI is InChI=1S/C24H29F2N3O2/c1-2-3-13-27-24(31)29-16-19(9-12-22(29)18-7-10-20(25)11-8-18)23(30)28-15-17-5-4-6-21(26)14-17/h4-8,10-11,14,19,22H,2-3,9,12-13,15-16H2,1H3,(H,27,31)(H,28,30)/t19-,22+/m1/s1. The summed E-state index contributed by atoms with van der Waals surface area (Å²) in [5.74, 6) is -1.19. The van der Waals surface area contributed by atoms with Crippen molar-refractivity contribution in [3.05, 3.63) is 71.3 Å². The fraction of sp³-hybridized carbons (Fsp3) is 0.417. The van der Waals surface area contributed by atoms with Gasteiger partial charge < -0.3 is 15.5 Å². The normalized spacial score (nSPS) is 18.5. The van der Waals surface area contributed by atoms with Gasteiger partial charge >= 0.3 is 6.03 Å². The third-order valence-corrected chi connectivity index (χ3v) is 5.63. The molecule has 2 aromatic carbocycles. The molecule has 1 fully saturated rings. The van der Waals surface area contributed by atoms with Gasteiger partial charge in [-0.1, -0.05) is 37.6 Å². The van der Waals surface area contributed by atoms with E-state index in [4.69, 9.17) is 0 Å². The van der Waals surface area contributed by atoms with Crippen LogP contribution in [0.15, 0.2) is 48.5 Å². The minimum atomic E-state index is -0.359. The van der Waals surface area contributed by atoms with Crippen molar-refractivity contribution in [2.24, 2.45) is 5.92 Å². The predicted octanol–water partition coefficient (Wildman–Crippen LogP) is 4.54. The first-order chi connectivity index (χ1) is 15.0. The maximum absolute atomic E-state index is 13.4. The summed E-state index contributed by atoms with van der Waals surface area (Å²) in [5.41, 5.74) is 1.54. The predicted molar refractivity (Wildman–Crippen MR) is 115 cm³/mol. The Kier molecular flexibility index (Phi) is 7.98. The maximum Gasteiger partial charge on any atom is 0.317 e. The molecule has 2 atom stereocenters. The van der Waals surface area contributed by atoms with E-state index in [1.807, 2.05) is 6.92 Å². The lowest BCUT2D eigenvalue weighted by molar-refractivity contribution is -0.126. The van der Waals surface area contributed by atoms with Crippen molar-refractivity contribution < 1.29 is 18.4 Å². The van der Waals surface area contributed by atoms with E-state index in [0.29, 0.717) is 24.9 Å². The lowest BCUT2D eigenvalue weighted by Gasteiger charge is -2.39. The number of hydrogen-bond acceptors (Lipinski definition) is 2. The van der Waals surface area contributed by atoms with E-state index in [9.17, 15) is 18.4 Å². The van der Waals surface area contributed by atoms with Gasteiger partial charge in [0.05, 0.1) is 12.0 Å². The van der Waals surface area contributed by atoms with Crippen molar-refractivity contribution in [2.45, 2.75) is 45.2 Å². The van der Waals surface area contributed by atoms with Gasteiger partial charge in [-0.2, -0.15) is 0 Å². The maximum atomic E-state index is 13.4. The molecule has 3 amide bonds. The highest BCUT2D eigenvalue weighted by atomic mass is 19.1. The highest BCUT2D eigenvalue weighted by molar-refractivity contribution is 5.81. The summed E-state index contributed by atoms with van der Waals surface area (Å²) < 4.78 is 26.7. The van der Waals surface area contributed by atoms with Gasteiger partial charge in [-0.3, -0.25) is 4.79 Å². The number of carbonyl (C=O) groups is 2. The average molecular weight is 430 g/mol. The number of rotatable bonds is 7. The molecular formula is C24H29F2N3O2. The number of nitrogens with one attached hydrogen (secondary N) is 2. The molecule has 7 heteroatoms. The Hall–Kier alpha value is -2.96. The number of amides is 3. The summed E-state index contributed by atoms with van der Waals surface area (Å²) in [4.78, 5) is 27.3. The number of piperidine rings is 1. The number of unbranched alkanes of at least 4 members (excludes halogenated alkanes) is 1. The molecule has 2 aromatic rings. The summed E-state index contributed by atoms with van der Waals surface area (Å²) in [7, 11) is 0. The van der Waals surface area contributed by atoms with Gasteiger partial charge in [-0.05, 0) is 54.7 Å². The lowest BCUT2D eigenvalue weighted by Crippen LogP contribution is -2.50. The molecule has 31 heavy (non-hydrogen) atoms. The van der Waals surface area contributed by atoms with E-state index < -0.39 is 0 Å². The smallest absolute Gasteiger partial charge is 0.317 e. The van der Waals surface area contributed by atoms with Crippen molar-refractivity contribution in [1.29, 1.82) is 0 Å². The Labute approximate surface area is 181 Å². The van der Waals surface area contributed by atoms with Crippen LogP contribution in [-0.2, 0) is 11.3 Å². The Morgan fingerprint density at radius 2 is 1.81 bits per heavy atom. The topological polar surface area (TPSA) is 61.4 Å². The number of carbonyl (C=O) groups excluding carboxylic acids is 2. The molecule has 0 radical (unpaired) electrons. The van der Waals surface area contributed by atoms with Crippen LogP contribution in [0.1, 0.15) is 49.8 Å². The van der Waals surface area contributed by atoms with E-state index in [2.05, 4.69) is 10.6 Å². The Balaban J connectivity index is 1.67. The molecule has 2 N–H and O–H groups in total. The SMILES string of the molecule is CCCCNC(=O)N1C[C@H](C(=O)NCc2cccc(F)c2)CC[C@H]1c1ccc(F)cc1. The quantitative estimate of drug-likeness (QED) is 0.635. The molecule has 0 aliphatic carbocycles. The summed E-state index contributed by atoms with van der Waals surface area (Å²) in [6, 6.07) is 11.8. The minimum absolute atomic E-state index is 0.159. The summed E-state index contributed by atoms with van der Waals surface area (Å²) >= 11 is 0. The molecule has 0 bridgehead atoms. The summed E-state index contributed by atoms with van der Waals surface area (Å²) in [6.45, 7) is 3.12. The molecule has 1 aliphatic rings. The van der Waals surface area contributed by atoms with Gasteiger partial charge in [0.15, 0.2) is 0 Å². The van der Waals surface area contributed by atoms with Crippen molar-refractivity contribution in [3.63, 3.8) is 0 Å². The lowest BCUT2D eigenvalue weighted by atomic mass is 9.88. The van der Waals surface area contributed by atoms with Crippen LogP contribution in [0.4, 0.5) is 13.6 Å². The largest absolute Gasteiger partial charge is 0.352 e. The van der Waals surface area contributed by atoms with E-state index in [1.54, 1.807) is 29.2 Å². The van der Waals surface area contributed by atoms with Crippen LogP contribution in [0.3, 0.4) is 0 Å². The van der Waals surface area contributed by atoms with Crippen molar-refractivity contribution >= 4 is 11.9 Å². The average Bonchev–Trinajstić information content (AvgIpc) is 2.78. The monoisotopic (exact) mass is 429 g/mol. The third-order valence-electron chi connectivity index (χ3n) is 5.63. The molecule has 0 unspecified atom stereocenters. The highest BCUT2D eigenvalue weighted by Gasteiger charge is 2.35. The molecule has 5 nitrogen and oxygen atoms in total. The number of hydrogen-bond donors (Lipinski definition) is 2. The molecule has 1 aliphatic heterocycles. The van der Waals surface area contributed by atoms with Crippen LogP contribution in [0.25, 0.3) is 0 Å². The van der Waals surface area contributed by atoms with Crippen LogP contribution in [-0.4, -0.2) is 29.9 Å². The zero-order chi connectivity index (χ0) is 22.2. The molecule has 0 aromatic heterocycles. The zero-order valence-corrected chi connectivity index (χ0v) is 17.7. The molecule has 166 valence electrons. The van der Waals surface area contributed by atoms with Crippen molar-refractivity contribution in [1.82, 2.24) is 15.5 Å². The number of halogens is 2. The third kappa shape index (κ3) is 6.26. The highest BCUT2D eigenvalue weighted by Crippen LogP contribution is 2.33. The second-order valence-corrected chi connectivity index (χ2v) is 7.93. The first-order valence-corrected chi connectivity index (χ1v) is 10.8. The van der Waals surface area contributed by atoms with Gasteiger partial charge in [-0.15, -0.1) is 0 Å². The molecule has 0 spiro atoms. The van der Waals surface area contributed by atoms with Crippen LogP contribution < -0.4 is 10.6 Å². The number of urea groups is 1. The fourth-order valence-electron chi connectivity index (χ4n) is 3.89. The molecule has 0 saturated carbocycles. The van der Waals surface area contributed by atoms with Gasteiger partial charge in [0.25, 0.3) is 0 Å². The number of likely N-dealkylation sites (tertiary alicyclic amines) is 1. The van der Waals surface area contributed by atoms with Crippen LogP contribution in [0.2, 0.25) is 0 Å². The number of benzene rings is 2. The van der Waals surface area contributed by atoms with Crippen molar-refractivity contribution in [2.75, 3.05) is 13.1 Å². The molecule has 1 heterocycles. The van der Waals surface area contributed by atoms with Crippen LogP contribution in [0, 0.1) is 17.6 Å². The number of nitrogens with zero attached hydrogens (tertiary/aromatic N) is 1. The second kappa shape index (κ2) is 10.9. The first kappa shape index (κ1) is 22.7. The van der Waals surface area contributed by atoms with E-state index in [1.165, 1.54) is 24.3 Å². The van der Waals surface area contributed by atoms with E-state index in [-0.39, 0.29) is 48.6 Å². The zero-order valence-electron chi connectivity index (χ0n) is 17.7. The summed E-state index contributed by atoms with van der Waals surface area (Å²) in [6.07, 6.45) is 3.05. The minimum Gasteiger partial charge on any atom is -0.352 e. The van der Waals surface area contributed by atoms with Crippen LogP contribution in [0.5, 0.6) is 0 Å². The molecule has 3 rings (SSSR count). The fourth-order valence-corrected chi connectivity index (χ4v) is 3.89. The summed E-state index contributed by atoms with van der Waals surface area (Å²) in [5, 5.41) is 5.78. The van der Waals surface area contributed by atoms with Crippen LogP contribution >= 0.6 is 0 Å². The van der Waals surface area contributed by atoms with Gasteiger partial charge in [-0.25, -0.2) is 13.6 Å². The first-order valence-electron chi connectivity index (χ1n) is 10.8.